The number of aromatic nitrogens is 1. The van der Waals surface area contributed by atoms with Crippen molar-refractivity contribution < 1.29 is 9.18 Å². The van der Waals surface area contributed by atoms with Gasteiger partial charge in [-0.05, 0) is 29.8 Å². The minimum Gasteiger partial charge on any atom is -0.348 e. The summed E-state index contributed by atoms with van der Waals surface area (Å²) in [5.41, 5.74) is 0.915. The summed E-state index contributed by atoms with van der Waals surface area (Å²) in [6, 6.07) is 5.68. The Hall–Kier alpha value is -1.17. The number of benzene rings is 1. The lowest BCUT2D eigenvalue weighted by Crippen LogP contribution is -2.23. The molecule has 3 nitrogen and oxygen atoms in total. The Morgan fingerprint density at radius 2 is 2.10 bits per heavy atom. The topological polar surface area (TPSA) is 42.0 Å². The second kappa shape index (κ2) is 6.52. The third-order valence-electron chi connectivity index (χ3n) is 2.51. The lowest BCUT2D eigenvalue weighted by atomic mass is 10.2. The van der Waals surface area contributed by atoms with Gasteiger partial charge in [0.25, 0.3) is 5.91 Å². The molecular weight excluding hydrogens is 370 g/mol. The predicted octanol–water partition coefficient (Wildman–Crippen LogP) is 4.22. The molecule has 0 atom stereocenters. The fourth-order valence-electron chi connectivity index (χ4n) is 1.50. The van der Waals surface area contributed by atoms with Crippen LogP contribution in [-0.4, -0.2) is 10.9 Å². The van der Waals surface area contributed by atoms with Gasteiger partial charge in [0.2, 0.25) is 0 Å². The molecule has 104 valence electrons. The van der Waals surface area contributed by atoms with E-state index >= 15 is 0 Å². The van der Waals surface area contributed by atoms with Crippen LogP contribution in [0.25, 0.3) is 0 Å². The van der Waals surface area contributed by atoms with Crippen molar-refractivity contribution in [1.29, 1.82) is 0 Å². The van der Waals surface area contributed by atoms with Gasteiger partial charge < -0.3 is 5.32 Å². The Balaban J connectivity index is 2.08. The molecule has 0 radical (unpaired) electrons. The summed E-state index contributed by atoms with van der Waals surface area (Å²) in [7, 11) is 0. The van der Waals surface area contributed by atoms with Crippen LogP contribution in [0.3, 0.4) is 0 Å². The van der Waals surface area contributed by atoms with Crippen LogP contribution in [0.4, 0.5) is 4.39 Å². The van der Waals surface area contributed by atoms with Crippen LogP contribution in [0.2, 0.25) is 10.2 Å². The van der Waals surface area contributed by atoms with Crippen LogP contribution < -0.4 is 5.32 Å². The molecule has 2 aromatic rings. The molecule has 0 fully saturated rings. The summed E-state index contributed by atoms with van der Waals surface area (Å²) >= 11 is 14.8. The molecule has 1 aromatic carbocycles. The van der Waals surface area contributed by atoms with E-state index in [4.69, 9.17) is 23.2 Å². The normalized spacial score (nSPS) is 10.4. The van der Waals surface area contributed by atoms with Gasteiger partial charge in [-0.2, -0.15) is 0 Å². The molecule has 0 spiro atoms. The Kier molecular flexibility index (Phi) is 4.96. The highest BCUT2D eigenvalue weighted by Crippen LogP contribution is 2.20. The number of nitrogens with zero attached hydrogens (tertiary/aromatic N) is 1. The van der Waals surface area contributed by atoms with Crippen LogP contribution in [-0.2, 0) is 6.54 Å². The van der Waals surface area contributed by atoms with Crippen molar-refractivity contribution >= 4 is 45.0 Å². The van der Waals surface area contributed by atoms with E-state index in [2.05, 4.69) is 26.2 Å². The van der Waals surface area contributed by atoms with Crippen molar-refractivity contribution in [2.24, 2.45) is 0 Å². The summed E-state index contributed by atoms with van der Waals surface area (Å²) in [5, 5.41) is 2.99. The maximum absolute atomic E-state index is 13.1. The van der Waals surface area contributed by atoms with Crippen molar-refractivity contribution in [3.05, 3.63) is 62.1 Å². The summed E-state index contributed by atoms with van der Waals surface area (Å²) in [6.07, 6.45) is 1.32. The molecule has 2 rings (SSSR count). The number of amides is 1. The van der Waals surface area contributed by atoms with Gasteiger partial charge in [-0.15, -0.1) is 0 Å². The molecular formula is C13H8BrCl2FN2O. The van der Waals surface area contributed by atoms with E-state index in [1.165, 1.54) is 24.4 Å². The molecule has 7 heteroatoms. The zero-order valence-corrected chi connectivity index (χ0v) is 13.1. The third-order valence-corrected chi connectivity index (χ3v) is 3.97. The van der Waals surface area contributed by atoms with Crippen molar-refractivity contribution in [1.82, 2.24) is 10.3 Å². The number of hydrogen-bond donors (Lipinski definition) is 1. The number of hydrogen-bond acceptors (Lipinski definition) is 2. The maximum atomic E-state index is 13.1. The Morgan fingerprint density at radius 1 is 1.35 bits per heavy atom. The van der Waals surface area contributed by atoms with Crippen LogP contribution in [0.5, 0.6) is 0 Å². The van der Waals surface area contributed by atoms with Gasteiger partial charge in [0.15, 0.2) is 0 Å². The molecule has 0 bridgehead atoms. The highest BCUT2D eigenvalue weighted by Gasteiger charge is 2.10. The molecule has 0 unspecified atom stereocenters. The van der Waals surface area contributed by atoms with Gasteiger partial charge in [0.1, 0.15) is 11.0 Å². The first kappa shape index (κ1) is 15.2. The van der Waals surface area contributed by atoms with E-state index in [-0.39, 0.29) is 34.0 Å². The minimum atomic E-state index is -0.368. The van der Waals surface area contributed by atoms with Gasteiger partial charge in [-0.3, -0.25) is 4.79 Å². The predicted molar refractivity (Wildman–Crippen MR) is 79.5 cm³/mol. The highest BCUT2D eigenvalue weighted by molar-refractivity contribution is 9.10. The van der Waals surface area contributed by atoms with Gasteiger partial charge in [-0.25, -0.2) is 9.37 Å². The zero-order chi connectivity index (χ0) is 14.7. The standard InChI is InChI=1S/C13H8BrCl2FN2O/c14-10-2-1-9(17)3-7(10)5-19-13(20)8-4-11(15)12(16)18-6-8/h1-4,6H,5H2,(H,19,20). The molecule has 1 aromatic heterocycles. The summed E-state index contributed by atoms with van der Waals surface area (Å²) in [4.78, 5) is 15.7. The number of carbonyl (C=O) groups is 1. The van der Waals surface area contributed by atoms with Gasteiger partial charge >= 0.3 is 0 Å². The first-order valence-electron chi connectivity index (χ1n) is 5.50. The monoisotopic (exact) mass is 376 g/mol. The van der Waals surface area contributed by atoms with Crippen LogP contribution >= 0.6 is 39.1 Å². The second-order valence-corrected chi connectivity index (χ2v) is 5.53. The quantitative estimate of drug-likeness (QED) is 0.813. The van der Waals surface area contributed by atoms with Crippen LogP contribution in [0, 0.1) is 5.82 Å². The SMILES string of the molecule is O=C(NCc1cc(F)ccc1Br)c1cnc(Cl)c(Cl)c1. The third kappa shape index (κ3) is 3.69. The molecule has 1 N–H and O–H groups in total. The van der Waals surface area contributed by atoms with Gasteiger partial charge in [-0.1, -0.05) is 39.1 Å². The van der Waals surface area contributed by atoms with Crippen LogP contribution in [0.1, 0.15) is 15.9 Å². The number of rotatable bonds is 3. The van der Waals surface area contributed by atoms with E-state index in [0.29, 0.717) is 10.0 Å². The summed E-state index contributed by atoms with van der Waals surface area (Å²) in [5.74, 6) is -0.735. The number of halogens is 4. The van der Waals surface area contributed by atoms with Crippen molar-refractivity contribution in [2.45, 2.75) is 6.54 Å². The maximum Gasteiger partial charge on any atom is 0.253 e. The molecule has 0 aliphatic carbocycles. The number of carbonyl (C=O) groups excluding carboxylic acids is 1. The minimum absolute atomic E-state index is 0.135. The number of pyridine rings is 1. The van der Waals surface area contributed by atoms with E-state index in [0.717, 1.165) is 0 Å². The molecule has 0 saturated carbocycles. The molecule has 0 aliphatic rings. The largest absolute Gasteiger partial charge is 0.348 e. The van der Waals surface area contributed by atoms with E-state index in [1.807, 2.05) is 0 Å². The first-order chi connectivity index (χ1) is 9.47. The fraction of sp³-hybridized carbons (Fsp3) is 0.0769. The Bertz CT molecular complexity index is 667. The molecule has 1 heterocycles. The lowest BCUT2D eigenvalue weighted by molar-refractivity contribution is 0.0950. The molecule has 0 saturated heterocycles. The second-order valence-electron chi connectivity index (χ2n) is 3.92. The van der Waals surface area contributed by atoms with E-state index in [9.17, 15) is 9.18 Å². The molecule has 0 aliphatic heterocycles. The average molecular weight is 378 g/mol. The molecule has 20 heavy (non-hydrogen) atoms. The number of nitrogens with one attached hydrogen (secondary N) is 1. The van der Waals surface area contributed by atoms with Crippen molar-refractivity contribution in [3.8, 4) is 0 Å². The zero-order valence-electron chi connectivity index (χ0n) is 9.96. The van der Waals surface area contributed by atoms with Crippen molar-refractivity contribution in [3.63, 3.8) is 0 Å². The Labute approximate surface area is 133 Å². The van der Waals surface area contributed by atoms with E-state index < -0.39 is 0 Å². The van der Waals surface area contributed by atoms with Crippen LogP contribution in [0.15, 0.2) is 34.9 Å². The summed E-state index contributed by atoms with van der Waals surface area (Å²) in [6.45, 7) is 0.178. The average Bonchev–Trinajstić information content (AvgIpc) is 2.42. The smallest absolute Gasteiger partial charge is 0.253 e. The Morgan fingerprint density at radius 3 is 2.80 bits per heavy atom. The lowest BCUT2D eigenvalue weighted by Gasteiger charge is -2.07. The summed E-state index contributed by atoms with van der Waals surface area (Å²) < 4.78 is 13.8. The fourth-order valence-corrected chi connectivity index (χ4v) is 2.16. The van der Waals surface area contributed by atoms with Crippen molar-refractivity contribution in [2.75, 3.05) is 0 Å². The molecule has 1 amide bonds. The van der Waals surface area contributed by atoms with Gasteiger partial charge in [0.05, 0.1) is 10.6 Å². The van der Waals surface area contributed by atoms with Gasteiger partial charge in [0, 0.05) is 17.2 Å². The first-order valence-corrected chi connectivity index (χ1v) is 7.05. The van der Waals surface area contributed by atoms with E-state index in [1.54, 1.807) is 6.07 Å². The highest BCUT2D eigenvalue weighted by atomic mass is 79.9.